The van der Waals surface area contributed by atoms with E-state index in [1.807, 2.05) is 6.92 Å². The number of thioether (sulfide) groups is 1. The van der Waals surface area contributed by atoms with Gasteiger partial charge in [-0.3, -0.25) is 0 Å². The van der Waals surface area contributed by atoms with Crippen LogP contribution in [0.1, 0.15) is 40.5 Å². The van der Waals surface area contributed by atoms with Crippen molar-refractivity contribution in [3.05, 3.63) is 0 Å². The van der Waals surface area contributed by atoms with Crippen molar-refractivity contribution >= 4 is 11.8 Å². The van der Waals surface area contributed by atoms with Gasteiger partial charge in [-0.15, -0.1) is 0 Å². The van der Waals surface area contributed by atoms with E-state index in [9.17, 15) is 5.11 Å². The van der Waals surface area contributed by atoms with Gasteiger partial charge >= 0.3 is 0 Å². The van der Waals surface area contributed by atoms with Crippen LogP contribution in [0, 0.1) is 5.92 Å². The van der Waals surface area contributed by atoms with Crippen LogP contribution in [0.25, 0.3) is 0 Å². The molecule has 2 atom stereocenters. The monoisotopic (exact) mass is 231 g/mol. The predicted octanol–water partition coefficient (Wildman–Crippen LogP) is 2.27. The molecule has 1 aliphatic heterocycles. The molecule has 2 nitrogen and oxygen atoms in total. The van der Waals surface area contributed by atoms with Crippen molar-refractivity contribution in [3.8, 4) is 0 Å². The van der Waals surface area contributed by atoms with Gasteiger partial charge in [-0.1, -0.05) is 13.8 Å². The molecule has 2 N–H and O–H groups in total. The topological polar surface area (TPSA) is 32.3 Å². The maximum absolute atomic E-state index is 10.1. The maximum atomic E-state index is 10.1. The fourth-order valence-corrected chi connectivity index (χ4v) is 3.03. The minimum absolute atomic E-state index is 0.300. The van der Waals surface area contributed by atoms with E-state index in [-0.39, 0.29) is 0 Å². The summed E-state index contributed by atoms with van der Waals surface area (Å²) in [5.41, 5.74) is -0.584. The lowest BCUT2D eigenvalue weighted by Gasteiger charge is -2.30. The highest BCUT2D eigenvalue weighted by Gasteiger charge is 2.30. The van der Waals surface area contributed by atoms with Crippen LogP contribution in [0.3, 0.4) is 0 Å². The summed E-state index contributed by atoms with van der Waals surface area (Å²) in [6.07, 6.45) is 2.64. The van der Waals surface area contributed by atoms with Crippen LogP contribution in [-0.4, -0.2) is 34.3 Å². The third-order valence-electron chi connectivity index (χ3n) is 3.53. The van der Waals surface area contributed by atoms with Crippen LogP contribution in [0.5, 0.6) is 0 Å². The molecule has 1 fully saturated rings. The Morgan fingerprint density at radius 1 is 1.53 bits per heavy atom. The summed E-state index contributed by atoms with van der Waals surface area (Å²) in [7, 11) is 0. The Kier molecular flexibility index (Phi) is 4.50. The molecule has 0 amide bonds. The van der Waals surface area contributed by atoms with Crippen molar-refractivity contribution in [3.63, 3.8) is 0 Å². The Labute approximate surface area is 98.2 Å². The van der Waals surface area contributed by atoms with Crippen LogP contribution >= 0.6 is 11.8 Å². The van der Waals surface area contributed by atoms with Crippen LogP contribution in [-0.2, 0) is 0 Å². The molecule has 1 heterocycles. The van der Waals surface area contributed by atoms with E-state index in [4.69, 9.17) is 0 Å². The molecular formula is C12H25NOS. The lowest BCUT2D eigenvalue weighted by molar-refractivity contribution is 0.0140. The minimum Gasteiger partial charge on any atom is -0.389 e. The molecule has 0 spiro atoms. The number of aliphatic hydroxyl groups is 1. The Morgan fingerprint density at radius 2 is 2.20 bits per heavy atom. The second-order valence-electron chi connectivity index (χ2n) is 5.52. The number of nitrogens with one attached hydrogen (secondary N) is 1. The Hall–Kier alpha value is 0.270. The summed E-state index contributed by atoms with van der Waals surface area (Å²) in [5.74, 6) is 1.59. The van der Waals surface area contributed by atoms with Gasteiger partial charge in [0.15, 0.2) is 0 Å². The fourth-order valence-electron chi connectivity index (χ4n) is 1.76. The molecule has 0 saturated carbocycles. The van der Waals surface area contributed by atoms with Crippen LogP contribution in [0.4, 0.5) is 0 Å². The van der Waals surface area contributed by atoms with Gasteiger partial charge in [-0.25, -0.2) is 0 Å². The van der Waals surface area contributed by atoms with E-state index in [2.05, 4.69) is 37.8 Å². The molecule has 2 unspecified atom stereocenters. The third kappa shape index (κ3) is 3.97. The second-order valence-corrected chi connectivity index (χ2v) is 7.20. The summed E-state index contributed by atoms with van der Waals surface area (Å²) >= 11 is 2.06. The van der Waals surface area contributed by atoms with Crippen molar-refractivity contribution < 1.29 is 5.11 Å². The molecular weight excluding hydrogens is 206 g/mol. The summed E-state index contributed by atoms with van der Waals surface area (Å²) in [6.45, 7) is 10.1. The van der Waals surface area contributed by atoms with Crippen molar-refractivity contribution in [1.82, 2.24) is 5.32 Å². The van der Waals surface area contributed by atoms with Gasteiger partial charge < -0.3 is 10.4 Å². The molecule has 1 aliphatic rings. The largest absolute Gasteiger partial charge is 0.389 e. The number of hydrogen-bond donors (Lipinski definition) is 2. The standard InChI is InChI=1S/C12H25NOS/c1-10(2)12(4,14)9-13-8-11(3)6-5-7-15-11/h10,13-14H,5-9H2,1-4H3. The van der Waals surface area contributed by atoms with E-state index in [0.29, 0.717) is 17.2 Å². The lowest BCUT2D eigenvalue weighted by atomic mass is 9.92. The average Bonchev–Trinajstić information content (AvgIpc) is 2.51. The van der Waals surface area contributed by atoms with Gasteiger partial charge in [0.05, 0.1) is 5.60 Å². The summed E-state index contributed by atoms with van der Waals surface area (Å²) < 4.78 is 0.396. The molecule has 90 valence electrons. The minimum atomic E-state index is -0.584. The molecule has 1 rings (SSSR count). The molecule has 0 aromatic carbocycles. The molecule has 0 aliphatic carbocycles. The molecule has 0 aromatic rings. The molecule has 0 bridgehead atoms. The van der Waals surface area contributed by atoms with Gasteiger partial charge in [0, 0.05) is 17.8 Å². The smallest absolute Gasteiger partial charge is 0.0766 e. The molecule has 0 radical (unpaired) electrons. The Balaban J connectivity index is 2.26. The zero-order chi connectivity index (χ0) is 11.5. The summed E-state index contributed by atoms with van der Waals surface area (Å²) in [6, 6.07) is 0. The van der Waals surface area contributed by atoms with Crippen LogP contribution < -0.4 is 5.32 Å². The zero-order valence-electron chi connectivity index (χ0n) is 10.5. The van der Waals surface area contributed by atoms with Crippen molar-refractivity contribution in [2.75, 3.05) is 18.8 Å². The third-order valence-corrected chi connectivity index (χ3v) is 5.06. The van der Waals surface area contributed by atoms with E-state index in [0.717, 1.165) is 6.54 Å². The highest BCUT2D eigenvalue weighted by Crippen LogP contribution is 2.37. The van der Waals surface area contributed by atoms with Gasteiger partial charge in [-0.2, -0.15) is 11.8 Å². The molecule has 15 heavy (non-hydrogen) atoms. The Morgan fingerprint density at radius 3 is 2.67 bits per heavy atom. The molecule has 3 heteroatoms. The summed E-state index contributed by atoms with van der Waals surface area (Å²) in [4.78, 5) is 0. The first kappa shape index (κ1) is 13.3. The molecule has 0 aromatic heterocycles. The van der Waals surface area contributed by atoms with Crippen LogP contribution in [0.2, 0.25) is 0 Å². The number of rotatable bonds is 5. The predicted molar refractivity (Wildman–Crippen MR) is 68.4 cm³/mol. The van der Waals surface area contributed by atoms with E-state index < -0.39 is 5.60 Å². The van der Waals surface area contributed by atoms with Gasteiger partial charge in [0.2, 0.25) is 0 Å². The highest BCUT2D eigenvalue weighted by atomic mass is 32.2. The first-order valence-corrected chi connectivity index (χ1v) is 6.91. The van der Waals surface area contributed by atoms with Gasteiger partial charge in [0.1, 0.15) is 0 Å². The average molecular weight is 231 g/mol. The maximum Gasteiger partial charge on any atom is 0.0766 e. The van der Waals surface area contributed by atoms with Crippen LogP contribution in [0.15, 0.2) is 0 Å². The highest BCUT2D eigenvalue weighted by molar-refractivity contribution is 8.00. The quantitative estimate of drug-likeness (QED) is 0.761. The van der Waals surface area contributed by atoms with Crippen molar-refractivity contribution in [2.24, 2.45) is 5.92 Å². The first-order valence-electron chi connectivity index (χ1n) is 5.93. The van der Waals surface area contributed by atoms with E-state index in [1.54, 1.807) is 0 Å². The Bertz CT molecular complexity index is 193. The second kappa shape index (κ2) is 5.07. The van der Waals surface area contributed by atoms with Crippen molar-refractivity contribution in [2.45, 2.75) is 50.9 Å². The van der Waals surface area contributed by atoms with Gasteiger partial charge in [0.25, 0.3) is 0 Å². The van der Waals surface area contributed by atoms with E-state index >= 15 is 0 Å². The van der Waals surface area contributed by atoms with Gasteiger partial charge in [-0.05, 0) is 38.4 Å². The normalized spacial score (nSPS) is 30.8. The first-order chi connectivity index (χ1) is 6.86. The fraction of sp³-hybridized carbons (Fsp3) is 1.00. The van der Waals surface area contributed by atoms with Crippen molar-refractivity contribution in [1.29, 1.82) is 0 Å². The SMILES string of the molecule is CC(C)C(C)(O)CNCC1(C)CCCS1. The number of hydrogen-bond acceptors (Lipinski definition) is 3. The van der Waals surface area contributed by atoms with E-state index in [1.165, 1.54) is 18.6 Å². The lowest BCUT2D eigenvalue weighted by Crippen LogP contribution is -2.45. The zero-order valence-corrected chi connectivity index (χ0v) is 11.3. The summed E-state index contributed by atoms with van der Waals surface area (Å²) in [5, 5.41) is 13.5. The molecule has 1 saturated heterocycles.